The lowest BCUT2D eigenvalue weighted by Gasteiger charge is -2.18. The van der Waals surface area contributed by atoms with Crippen LogP contribution in [0.15, 0.2) is 9.98 Å². The van der Waals surface area contributed by atoms with Gasteiger partial charge in [0.25, 0.3) is 0 Å². The molecule has 2 atom stereocenters. The summed E-state index contributed by atoms with van der Waals surface area (Å²) in [5.74, 6) is -1.15. The first-order valence-electron chi connectivity index (χ1n) is 7.20. The number of amides is 2. The molecule has 23 heavy (non-hydrogen) atoms. The lowest BCUT2D eigenvalue weighted by Crippen LogP contribution is -2.50. The number of aliphatic imine (C=N–C) groups is 2. The van der Waals surface area contributed by atoms with Gasteiger partial charge in [-0.15, -0.1) is 0 Å². The molecule has 0 aliphatic carbocycles. The van der Waals surface area contributed by atoms with Gasteiger partial charge < -0.3 is 39.7 Å². The zero-order valence-corrected chi connectivity index (χ0v) is 13.1. The molecule has 1 unspecified atom stereocenters. The highest BCUT2D eigenvalue weighted by Gasteiger charge is 2.21. The van der Waals surface area contributed by atoms with Gasteiger partial charge in [-0.25, -0.2) is 0 Å². The lowest BCUT2D eigenvalue weighted by molar-refractivity contribution is -0.128. The molecule has 11 nitrogen and oxygen atoms in total. The smallest absolute Gasteiger partial charge is 0.240 e. The molecule has 0 heterocycles. The maximum absolute atomic E-state index is 11.9. The Morgan fingerprint density at radius 1 is 0.870 bits per heavy atom. The Hall–Kier alpha value is -2.56. The van der Waals surface area contributed by atoms with Crippen molar-refractivity contribution in [2.24, 2.45) is 44.4 Å². The van der Waals surface area contributed by atoms with Gasteiger partial charge in [0.1, 0.15) is 6.04 Å². The number of guanidine groups is 2. The van der Waals surface area contributed by atoms with E-state index >= 15 is 0 Å². The summed E-state index contributed by atoms with van der Waals surface area (Å²) in [6.45, 7) is 0.716. The summed E-state index contributed by atoms with van der Waals surface area (Å²) in [6.07, 6.45) is 1.73. The van der Waals surface area contributed by atoms with Gasteiger partial charge in [-0.05, 0) is 25.7 Å². The van der Waals surface area contributed by atoms with Gasteiger partial charge in [0, 0.05) is 13.1 Å². The zero-order valence-electron chi connectivity index (χ0n) is 13.1. The van der Waals surface area contributed by atoms with Gasteiger partial charge >= 0.3 is 0 Å². The van der Waals surface area contributed by atoms with Crippen molar-refractivity contribution in [1.29, 1.82) is 0 Å². The Morgan fingerprint density at radius 3 is 1.78 bits per heavy atom. The first kappa shape index (κ1) is 20.4. The summed E-state index contributed by atoms with van der Waals surface area (Å²) in [5.41, 5.74) is 31.8. The third-order valence-corrected chi connectivity index (χ3v) is 2.91. The van der Waals surface area contributed by atoms with Gasteiger partial charge in [-0.3, -0.25) is 19.6 Å². The summed E-state index contributed by atoms with van der Waals surface area (Å²) in [5, 5.41) is 2.52. The SMILES string of the molecule is NC(=O)C(CCCN=C(N)N)NC(=O)[C@@H](N)CCCN=C(N)N. The van der Waals surface area contributed by atoms with Crippen LogP contribution in [0.5, 0.6) is 0 Å². The van der Waals surface area contributed by atoms with E-state index in [1.165, 1.54) is 0 Å². The van der Waals surface area contributed by atoms with Crippen LogP contribution in [0.3, 0.4) is 0 Å². The second-order valence-electron chi connectivity index (χ2n) is 4.97. The molecule has 0 rings (SSSR count). The van der Waals surface area contributed by atoms with Crippen LogP contribution in [-0.4, -0.2) is 48.9 Å². The van der Waals surface area contributed by atoms with Crippen molar-refractivity contribution in [2.45, 2.75) is 37.8 Å². The van der Waals surface area contributed by atoms with E-state index in [9.17, 15) is 9.59 Å². The molecule has 0 radical (unpaired) electrons. The van der Waals surface area contributed by atoms with E-state index in [1.54, 1.807) is 0 Å². The molecule has 0 aliphatic rings. The number of hydrogen-bond acceptors (Lipinski definition) is 5. The third kappa shape index (κ3) is 10.8. The number of carbonyl (C=O) groups excluding carboxylic acids is 2. The van der Waals surface area contributed by atoms with E-state index in [4.69, 9.17) is 34.4 Å². The fraction of sp³-hybridized carbons (Fsp3) is 0.667. The van der Waals surface area contributed by atoms with Gasteiger partial charge in [0.2, 0.25) is 11.8 Å². The molecule has 0 aromatic heterocycles. The van der Waals surface area contributed by atoms with Crippen molar-refractivity contribution >= 4 is 23.7 Å². The molecule has 0 bridgehead atoms. The third-order valence-electron chi connectivity index (χ3n) is 2.91. The van der Waals surface area contributed by atoms with Crippen LogP contribution in [0.1, 0.15) is 25.7 Å². The fourth-order valence-electron chi connectivity index (χ4n) is 1.72. The second kappa shape index (κ2) is 11.1. The number of primary amides is 1. The molecule has 0 saturated carbocycles. The molecule has 0 aliphatic heterocycles. The standard InChI is InChI=1S/C12H27N9O2/c13-7(3-1-5-19-11(15)16)10(23)21-8(9(14)22)4-2-6-20-12(17)18/h7-8H,1-6,13H2,(H2,14,22)(H,21,23)(H4,15,16,19)(H4,17,18,20)/t7-,8?/m0/s1. The Bertz CT molecular complexity index is 442. The topological polar surface area (TPSA) is 227 Å². The average molecular weight is 329 g/mol. The summed E-state index contributed by atoms with van der Waals surface area (Å²) in [6, 6.07) is -1.59. The molecule has 0 fully saturated rings. The highest BCUT2D eigenvalue weighted by Crippen LogP contribution is 2.01. The minimum Gasteiger partial charge on any atom is -0.370 e. The van der Waals surface area contributed by atoms with E-state index in [0.717, 1.165) is 0 Å². The number of carbonyl (C=O) groups is 2. The molecular weight excluding hydrogens is 302 g/mol. The van der Waals surface area contributed by atoms with Crippen molar-refractivity contribution < 1.29 is 9.59 Å². The van der Waals surface area contributed by atoms with E-state index in [-0.39, 0.29) is 11.9 Å². The lowest BCUT2D eigenvalue weighted by atomic mass is 10.1. The van der Waals surface area contributed by atoms with Gasteiger partial charge in [0.05, 0.1) is 6.04 Å². The van der Waals surface area contributed by atoms with Crippen LogP contribution >= 0.6 is 0 Å². The fourth-order valence-corrected chi connectivity index (χ4v) is 1.72. The second-order valence-corrected chi connectivity index (χ2v) is 4.97. The van der Waals surface area contributed by atoms with Crippen molar-refractivity contribution in [1.82, 2.24) is 5.32 Å². The molecule has 132 valence electrons. The molecule has 13 N–H and O–H groups in total. The van der Waals surface area contributed by atoms with Gasteiger partial charge in [-0.2, -0.15) is 0 Å². The average Bonchev–Trinajstić information content (AvgIpc) is 2.45. The number of nitrogens with zero attached hydrogens (tertiary/aromatic N) is 2. The van der Waals surface area contributed by atoms with Crippen LogP contribution in [0.25, 0.3) is 0 Å². The number of hydrogen-bond donors (Lipinski definition) is 7. The highest BCUT2D eigenvalue weighted by molar-refractivity contribution is 5.88. The number of rotatable bonds is 11. The van der Waals surface area contributed by atoms with E-state index in [2.05, 4.69) is 15.3 Å². The first-order valence-corrected chi connectivity index (χ1v) is 7.20. The van der Waals surface area contributed by atoms with Crippen LogP contribution in [-0.2, 0) is 9.59 Å². The molecule has 0 aromatic carbocycles. The Labute approximate surface area is 134 Å². The van der Waals surface area contributed by atoms with Crippen molar-refractivity contribution in [3.63, 3.8) is 0 Å². The van der Waals surface area contributed by atoms with Crippen molar-refractivity contribution in [2.75, 3.05) is 13.1 Å². The van der Waals surface area contributed by atoms with E-state index in [1.807, 2.05) is 0 Å². The molecular formula is C12H27N9O2. The number of nitrogens with one attached hydrogen (secondary N) is 1. The normalized spacial score (nSPS) is 12.7. The van der Waals surface area contributed by atoms with Crippen LogP contribution < -0.4 is 39.7 Å². The minimum absolute atomic E-state index is 0.0161. The van der Waals surface area contributed by atoms with E-state index in [0.29, 0.717) is 38.8 Å². The van der Waals surface area contributed by atoms with E-state index < -0.39 is 23.9 Å². The minimum atomic E-state index is -0.819. The summed E-state index contributed by atoms with van der Waals surface area (Å²) in [4.78, 5) is 30.9. The maximum Gasteiger partial charge on any atom is 0.240 e. The monoisotopic (exact) mass is 329 g/mol. The molecule has 0 aromatic rings. The summed E-state index contributed by atoms with van der Waals surface area (Å²) >= 11 is 0. The predicted octanol–water partition coefficient (Wildman–Crippen LogP) is -3.61. The zero-order chi connectivity index (χ0) is 17.8. The summed E-state index contributed by atoms with van der Waals surface area (Å²) < 4.78 is 0. The number of nitrogens with two attached hydrogens (primary N) is 6. The molecule has 0 spiro atoms. The van der Waals surface area contributed by atoms with Crippen LogP contribution in [0.2, 0.25) is 0 Å². The predicted molar refractivity (Wildman–Crippen MR) is 88.9 cm³/mol. The van der Waals surface area contributed by atoms with Crippen LogP contribution in [0.4, 0.5) is 0 Å². The summed E-state index contributed by atoms with van der Waals surface area (Å²) in [7, 11) is 0. The van der Waals surface area contributed by atoms with Gasteiger partial charge in [-0.1, -0.05) is 0 Å². The Kier molecular flexibility index (Phi) is 9.83. The quantitative estimate of drug-likeness (QED) is 0.114. The highest BCUT2D eigenvalue weighted by atomic mass is 16.2. The maximum atomic E-state index is 11.9. The molecule has 11 heteroatoms. The molecule has 0 saturated heterocycles. The van der Waals surface area contributed by atoms with Gasteiger partial charge in [0.15, 0.2) is 11.9 Å². The van der Waals surface area contributed by atoms with Crippen molar-refractivity contribution in [3.8, 4) is 0 Å². The Morgan fingerprint density at radius 2 is 1.35 bits per heavy atom. The van der Waals surface area contributed by atoms with Crippen LogP contribution in [0, 0.1) is 0 Å². The van der Waals surface area contributed by atoms with Crippen molar-refractivity contribution in [3.05, 3.63) is 0 Å². The largest absolute Gasteiger partial charge is 0.370 e. The molecule has 2 amide bonds. The Balaban J connectivity index is 4.24. The first-order chi connectivity index (χ1) is 10.7.